The lowest BCUT2D eigenvalue weighted by atomic mass is 9.35. The van der Waals surface area contributed by atoms with Crippen molar-refractivity contribution in [2.24, 2.45) is 28.1 Å². The van der Waals surface area contributed by atoms with E-state index in [1.807, 2.05) is 13.0 Å². The first-order valence-electron chi connectivity index (χ1n) is 15.0. The van der Waals surface area contributed by atoms with Crippen molar-refractivity contribution in [3.63, 3.8) is 0 Å². The molecule has 0 radical (unpaired) electrons. The van der Waals surface area contributed by atoms with Gasteiger partial charge in [0.15, 0.2) is 11.5 Å². The summed E-state index contributed by atoms with van der Waals surface area (Å²) in [7, 11) is 0. The molecule has 1 aromatic carbocycles. The fourth-order valence-corrected chi connectivity index (χ4v) is 9.51. The highest BCUT2D eigenvalue weighted by atomic mass is 16.6. The zero-order chi connectivity index (χ0) is 29.3. The molecule has 0 aromatic heterocycles. The molecule has 0 bridgehead atoms. The number of carbonyl (C=O) groups is 3. The van der Waals surface area contributed by atoms with Crippen LogP contribution >= 0.6 is 0 Å². The van der Waals surface area contributed by atoms with Gasteiger partial charge in [0, 0.05) is 26.2 Å². The van der Waals surface area contributed by atoms with Crippen LogP contribution in [0.15, 0.2) is 17.7 Å². The number of carbonyl (C=O) groups excluding carboxylic acids is 3. The van der Waals surface area contributed by atoms with E-state index >= 15 is 0 Å². The Hall–Kier alpha value is -2.63. The molecule has 0 saturated heterocycles. The molecular weight excluding hydrogens is 504 g/mol. The Morgan fingerprint density at radius 3 is 2.25 bits per heavy atom. The molecule has 6 nitrogen and oxygen atoms in total. The summed E-state index contributed by atoms with van der Waals surface area (Å²) in [6, 6.07) is 1.98. The summed E-state index contributed by atoms with van der Waals surface area (Å²) in [4.78, 5) is 35.6. The monoisotopic (exact) mass is 550 g/mol. The van der Waals surface area contributed by atoms with Crippen molar-refractivity contribution in [3.05, 3.63) is 34.4 Å². The molecule has 0 aliphatic heterocycles. The molecule has 1 aromatic rings. The zero-order valence-corrected chi connectivity index (χ0v) is 25.6. The number of rotatable bonds is 4. The summed E-state index contributed by atoms with van der Waals surface area (Å²) in [5.41, 5.74) is 5.01. The van der Waals surface area contributed by atoms with Crippen LogP contribution in [0.1, 0.15) is 110 Å². The molecule has 0 unspecified atom stereocenters. The Bertz CT molecular complexity index is 1290. The van der Waals surface area contributed by atoms with E-state index in [1.54, 1.807) is 0 Å². The van der Waals surface area contributed by atoms with Crippen LogP contribution < -0.4 is 9.47 Å². The number of fused-ring (bicyclic) bond motifs is 7. The van der Waals surface area contributed by atoms with Crippen LogP contribution in [0.5, 0.6) is 11.5 Å². The van der Waals surface area contributed by atoms with Crippen LogP contribution in [-0.4, -0.2) is 24.5 Å². The van der Waals surface area contributed by atoms with Crippen molar-refractivity contribution in [1.29, 1.82) is 0 Å². The normalized spacial score (nSPS) is 36.1. The Labute approximate surface area is 239 Å². The van der Waals surface area contributed by atoms with Crippen LogP contribution in [0.2, 0.25) is 0 Å². The summed E-state index contributed by atoms with van der Waals surface area (Å²) in [5.74, 6) is 0.613. The topological polar surface area (TPSA) is 78.9 Å². The van der Waals surface area contributed by atoms with Gasteiger partial charge in [-0.3, -0.25) is 14.4 Å². The molecule has 0 spiro atoms. The van der Waals surface area contributed by atoms with Crippen molar-refractivity contribution >= 4 is 17.9 Å². The van der Waals surface area contributed by atoms with Gasteiger partial charge in [0.05, 0.1) is 6.61 Å². The maximum Gasteiger partial charge on any atom is 0.308 e. The molecule has 5 rings (SSSR count). The molecule has 218 valence electrons. The lowest BCUT2D eigenvalue weighted by molar-refractivity contribution is -0.157. The second-order valence-electron chi connectivity index (χ2n) is 14.1. The van der Waals surface area contributed by atoms with Crippen LogP contribution in [0.4, 0.5) is 0 Å². The van der Waals surface area contributed by atoms with Gasteiger partial charge in [0.25, 0.3) is 0 Å². The second kappa shape index (κ2) is 9.73. The summed E-state index contributed by atoms with van der Waals surface area (Å²) < 4.78 is 16.7. The number of allylic oxidation sites excluding steroid dienone is 2. The SMILES string of the molecule is CC(=O)OC[C@@H]1CC[C@]2(C)CC[C@]3(C)C4=CCc5c(cc(OC(C)=O)c(OC(C)=O)c5C)[C@]4(C)CC[C@@]3(C)[C@@H]2C1. The number of ether oxygens (including phenoxy) is 3. The molecule has 3 fully saturated rings. The molecule has 4 aliphatic carbocycles. The highest BCUT2D eigenvalue weighted by Gasteiger charge is 2.65. The van der Waals surface area contributed by atoms with Crippen molar-refractivity contribution in [2.75, 3.05) is 6.61 Å². The van der Waals surface area contributed by atoms with Crippen LogP contribution in [0, 0.1) is 35.0 Å². The number of hydrogen-bond donors (Lipinski definition) is 0. The molecule has 3 saturated carbocycles. The van der Waals surface area contributed by atoms with E-state index in [1.165, 1.54) is 50.3 Å². The van der Waals surface area contributed by atoms with Crippen molar-refractivity contribution in [2.45, 2.75) is 112 Å². The van der Waals surface area contributed by atoms with Gasteiger partial charge in [0.2, 0.25) is 0 Å². The standard InChI is InChI=1S/C34H46O6/c1-20-25-9-10-28-32(6,26(25)18-27(39-22(3)36)30(20)40-23(4)37)14-16-34(8)29-17-24(19-38-21(2)35)11-12-31(29,5)13-15-33(28,34)7/h10,18,24,29H,9,11-17,19H2,1-8H3/t24-,29-,31-,32+,33-,34+/m1/s1. The van der Waals surface area contributed by atoms with Crippen LogP contribution in [0.3, 0.4) is 0 Å². The third-order valence-electron chi connectivity index (χ3n) is 11.8. The Morgan fingerprint density at radius 1 is 0.900 bits per heavy atom. The van der Waals surface area contributed by atoms with Gasteiger partial charge in [-0.2, -0.15) is 0 Å². The Balaban J connectivity index is 1.56. The van der Waals surface area contributed by atoms with Crippen molar-refractivity contribution in [3.8, 4) is 11.5 Å². The predicted molar refractivity (Wildman–Crippen MR) is 153 cm³/mol. The first-order valence-corrected chi connectivity index (χ1v) is 15.0. The number of hydrogen-bond acceptors (Lipinski definition) is 6. The summed E-state index contributed by atoms with van der Waals surface area (Å²) in [6.07, 6.45) is 11.1. The van der Waals surface area contributed by atoms with Gasteiger partial charge in [-0.25, -0.2) is 0 Å². The van der Waals surface area contributed by atoms with E-state index in [0.29, 0.717) is 35.4 Å². The van der Waals surface area contributed by atoms with Gasteiger partial charge < -0.3 is 14.2 Å². The Kier molecular flexibility index (Phi) is 7.03. The average molecular weight is 551 g/mol. The Morgan fingerprint density at radius 2 is 1.60 bits per heavy atom. The number of benzene rings is 1. The van der Waals surface area contributed by atoms with E-state index < -0.39 is 11.9 Å². The van der Waals surface area contributed by atoms with E-state index in [2.05, 4.69) is 33.8 Å². The van der Waals surface area contributed by atoms with E-state index in [-0.39, 0.29) is 22.2 Å². The summed E-state index contributed by atoms with van der Waals surface area (Å²) >= 11 is 0. The quantitative estimate of drug-likeness (QED) is 0.225. The van der Waals surface area contributed by atoms with E-state index in [0.717, 1.165) is 44.1 Å². The summed E-state index contributed by atoms with van der Waals surface area (Å²) in [5, 5.41) is 0. The lowest BCUT2D eigenvalue weighted by Gasteiger charge is -2.69. The maximum atomic E-state index is 12.0. The number of esters is 3. The van der Waals surface area contributed by atoms with Gasteiger partial charge in [-0.05, 0) is 109 Å². The van der Waals surface area contributed by atoms with Crippen molar-refractivity contribution < 1.29 is 28.6 Å². The lowest BCUT2D eigenvalue weighted by Crippen LogP contribution is -2.61. The molecule has 0 amide bonds. The minimum absolute atomic E-state index is 0.0231. The van der Waals surface area contributed by atoms with Gasteiger partial charge in [0.1, 0.15) is 0 Å². The summed E-state index contributed by atoms with van der Waals surface area (Å²) in [6.45, 7) is 16.7. The van der Waals surface area contributed by atoms with Gasteiger partial charge >= 0.3 is 17.9 Å². The molecule has 6 heteroatoms. The fourth-order valence-electron chi connectivity index (χ4n) is 9.51. The predicted octanol–water partition coefficient (Wildman–Crippen LogP) is 7.17. The molecule has 6 atom stereocenters. The van der Waals surface area contributed by atoms with Gasteiger partial charge in [-0.1, -0.05) is 39.3 Å². The average Bonchev–Trinajstić information content (AvgIpc) is 2.86. The first-order chi connectivity index (χ1) is 18.6. The third kappa shape index (κ3) is 4.32. The fraction of sp³-hybridized carbons (Fsp3) is 0.676. The van der Waals surface area contributed by atoms with Crippen molar-refractivity contribution in [1.82, 2.24) is 0 Å². The maximum absolute atomic E-state index is 12.0. The molecular formula is C34H46O6. The van der Waals surface area contributed by atoms with Gasteiger partial charge in [-0.15, -0.1) is 0 Å². The molecule has 0 N–H and O–H groups in total. The highest BCUT2D eigenvalue weighted by Crippen LogP contribution is 2.74. The molecule has 4 aliphatic rings. The largest absolute Gasteiger partial charge is 0.466 e. The van der Waals surface area contributed by atoms with Crippen LogP contribution in [0.25, 0.3) is 0 Å². The first kappa shape index (κ1) is 28.9. The second-order valence-corrected chi connectivity index (χ2v) is 14.1. The minimum Gasteiger partial charge on any atom is -0.466 e. The van der Waals surface area contributed by atoms with E-state index in [9.17, 15) is 14.4 Å². The minimum atomic E-state index is -0.431. The van der Waals surface area contributed by atoms with Crippen LogP contribution in [-0.2, 0) is 31.0 Å². The zero-order valence-electron chi connectivity index (χ0n) is 25.6. The smallest absolute Gasteiger partial charge is 0.308 e. The molecule has 40 heavy (non-hydrogen) atoms. The highest BCUT2D eigenvalue weighted by molar-refractivity contribution is 5.76. The van der Waals surface area contributed by atoms with E-state index in [4.69, 9.17) is 14.2 Å². The third-order valence-corrected chi connectivity index (χ3v) is 11.8. The molecule has 0 heterocycles.